The molecule has 118 valence electrons. The summed E-state index contributed by atoms with van der Waals surface area (Å²) in [6, 6.07) is 2.33. The number of hydrogen-bond donors (Lipinski definition) is 2. The summed E-state index contributed by atoms with van der Waals surface area (Å²) in [7, 11) is 1.57. The predicted molar refractivity (Wildman–Crippen MR) is 78.4 cm³/mol. The zero-order valence-corrected chi connectivity index (χ0v) is 12.4. The molecule has 1 aromatic rings. The maximum Gasteiger partial charge on any atom is 0.416 e. The number of alkyl halides is 3. The Kier molecular flexibility index (Phi) is 4.96. The molecular formula is C15H22F3N3. The Morgan fingerprint density at radius 1 is 1.14 bits per heavy atom. The number of rotatable bonds is 4. The summed E-state index contributed by atoms with van der Waals surface area (Å²) in [5.74, 6) is 1.29. The molecule has 3 nitrogen and oxygen atoms in total. The largest absolute Gasteiger partial charge is 0.416 e. The van der Waals surface area contributed by atoms with Crippen LogP contribution in [0.4, 0.5) is 24.8 Å². The minimum absolute atomic E-state index is 0.216. The SMILES string of the molecule is CCC1CCC(Nc2cc(C(F)(F)F)cc(NC)n2)CC1. The van der Waals surface area contributed by atoms with Gasteiger partial charge in [-0.15, -0.1) is 0 Å². The summed E-state index contributed by atoms with van der Waals surface area (Å²) in [4.78, 5) is 4.18. The highest BCUT2D eigenvalue weighted by Crippen LogP contribution is 2.33. The number of hydrogen-bond acceptors (Lipinski definition) is 3. The van der Waals surface area contributed by atoms with Crippen molar-refractivity contribution in [2.75, 3.05) is 17.7 Å². The molecule has 0 saturated heterocycles. The van der Waals surface area contributed by atoms with Gasteiger partial charge in [0.05, 0.1) is 5.56 Å². The molecule has 1 heterocycles. The van der Waals surface area contributed by atoms with Crippen LogP contribution in [0.2, 0.25) is 0 Å². The zero-order chi connectivity index (χ0) is 15.5. The standard InChI is InChI=1S/C15H22F3N3/c1-3-10-4-6-12(7-5-10)20-14-9-11(15(16,17)18)8-13(19-2)21-14/h8-10,12H,3-7H2,1-2H3,(H2,19,20,21). The van der Waals surface area contributed by atoms with Crippen LogP contribution < -0.4 is 10.6 Å². The lowest BCUT2D eigenvalue weighted by Crippen LogP contribution is -2.26. The second-order valence-electron chi connectivity index (χ2n) is 5.64. The highest BCUT2D eigenvalue weighted by atomic mass is 19.4. The molecule has 1 aliphatic rings. The van der Waals surface area contributed by atoms with Crippen molar-refractivity contribution in [1.82, 2.24) is 4.98 Å². The predicted octanol–water partition coefficient (Wildman–Crippen LogP) is 4.52. The lowest BCUT2D eigenvalue weighted by Gasteiger charge is -2.29. The van der Waals surface area contributed by atoms with Gasteiger partial charge in [-0.05, 0) is 43.7 Å². The van der Waals surface area contributed by atoms with Gasteiger partial charge in [-0.25, -0.2) is 4.98 Å². The third kappa shape index (κ3) is 4.25. The van der Waals surface area contributed by atoms with Crippen LogP contribution in [0.3, 0.4) is 0 Å². The van der Waals surface area contributed by atoms with Gasteiger partial charge in [-0.3, -0.25) is 0 Å². The third-order valence-electron chi connectivity index (χ3n) is 4.18. The van der Waals surface area contributed by atoms with Crippen molar-refractivity contribution in [2.45, 2.75) is 51.2 Å². The van der Waals surface area contributed by atoms with Crippen molar-refractivity contribution in [1.29, 1.82) is 0 Å². The summed E-state index contributed by atoms with van der Waals surface area (Å²) in [6.07, 6.45) is 1.07. The second kappa shape index (κ2) is 6.54. The average molecular weight is 301 g/mol. The van der Waals surface area contributed by atoms with E-state index in [0.29, 0.717) is 5.82 Å². The Bertz CT molecular complexity index is 466. The summed E-state index contributed by atoms with van der Waals surface area (Å²) < 4.78 is 38.6. The van der Waals surface area contributed by atoms with Gasteiger partial charge in [0.1, 0.15) is 11.6 Å². The van der Waals surface area contributed by atoms with Gasteiger partial charge < -0.3 is 10.6 Å². The summed E-state index contributed by atoms with van der Waals surface area (Å²) in [5.41, 5.74) is -0.674. The molecule has 2 N–H and O–H groups in total. The number of anilines is 2. The molecule has 0 amide bonds. The number of aromatic nitrogens is 1. The van der Waals surface area contributed by atoms with Gasteiger partial charge in [-0.2, -0.15) is 13.2 Å². The third-order valence-corrected chi connectivity index (χ3v) is 4.18. The van der Waals surface area contributed by atoms with E-state index < -0.39 is 11.7 Å². The van der Waals surface area contributed by atoms with E-state index in [1.54, 1.807) is 7.05 Å². The van der Waals surface area contributed by atoms with E-state index >= 15 is 0 Å². The van der Waals surface area contributed by atoms with Crippen LogP contribution in [0.1, 0.15) is 44.6 Å². The smallest absolute Gasteiger partial charge is 0.373 e. The van der Waals surface area contributed by atoms with E-state index in [9.17, 15) is 13.2 Å². The van der Waals surface area contributed by atoms with Gasteiger partial charge in [0.15, 0.2) is 0 Å². The molecule has 1 aliphatic carbocycles. The Morgan fingerprint density at radius 3 is 2.29 bits per heavy atom. The van der Waals surface area contributed by atoms with Crippen LogP contribution in [0.15, 0.2) is 12.1 Å². The normalized spacial score (nSPS) is 22.9. The lowest BCUT2D eigenvalue weighted by atomic mass is 9.84. The molecule has 0 radical (unpaired) electrons. The Morgan fingerprint density at radius 2 is 1.76 bits per heavy atom. The minimum Gasteiger partial charge on any atom is -0.373 e. The highest BCUT2D eigenvalue weighted by molar-refractivity contribution is 5.50. The zero-order valence-electron chi connectivity index (χ0n) is 12.4. The number of nitrogens with one attached hydrogen (secondary N) is 2. The van der Waals surface area contributed by atoms with Gasteiger partial charge in [0.2, 0.25) is 0 Å². The van der Waals surface area contributed by atoms with E-state index in [1.165, 1.54) is 6.42 Å². The van der Waals surface area contributed by atoms with Crippen LogP contribution in [0, 0.1) is 5.92 Å². The minimum atomic E-state index is -4.36. The van der Waals surface area contributed by atoms with Gasteiger partial charge in [0, 0.05) is 13.1 Å². The average Bonchev–Trinajstić information content (AvgIpc) is 2.46. The van der Waals surface area contributed by atoms with Crippen LogP contribution in [0.25, 0.3) is 0 Å². The van der Waals surface area contributed by atoms with E-state index in [0.717, 1.165) is 43.7 Å². The maximum atomic E-state index is 12.9. The molecule has 1 aromatic heterocycles. The number of halogens is 3. The second-order valence-corrected chi connectivity index (χ2v) is 5.64. The first-order valence-electron chi connectivity index (χ1n) is 7.46. The van der Waals surface area contributed by atoms with Crippen molar-refractivity contribution in [3.63, 3.8) is 0 Å². The quantitative estimate of drug-likeness (QED) is 0.858. The number of pyridine rings is 1. The first-order chi connectivity index (χ1) is 9.92. The van der Waals surface area contributed by atoms with Crippen LogP contribution in [0.5, 0.6) is 0 Å². The first-order valence-corrected chi connectivity index (χ1v) is 7.46. The Labute approximate surface area is 123 Å². The monoisotopic (exact) mass is 301 g/mol. The van der Waals surface area contributed by atoms with Crippen molar-refractivity contribution in [2.24, 2.45) is 5.92 Å². The van der Waals surface area contributed by atoms with E-state index in [2.05, 4.69) is 22.5 Å². The summed E-state index contributed by atoms with van der Waals surface area (Å²) in [5, 5.41) is 5.84. The fraction of sp³-hybridized carbons (Fsp3) is 0.667. The Balaban J connectivity index is 2.09. The molecule has 0 unspecified atom stereocenters. The highest BCUT2D eigenvalue weighted by Gasteiger charge is 2.32. The Hall–Kier alpha value is -1.46. The molecule has 1 saturated carbocycles. The lowest BCUT2D eigenvalue weighted by molar-refractivity contribution is -0.137. The van der Waals surface area contributed by atoms with Crippen LogP contribution in [-0.4, -0.2) is 18.1 Å². The molecule has 0 spiro atoms. The topological polar surface area (TPSA) is 37.0 Å². The van der Waals surface area contributed by atoms with E-state index in [-0.39, 0.29) is 11.9 Å². The summed E-state index contributed by atoms with van der Waals surface area (Å²) >= 11 is 0. The van der Waals surface area contributed by atoms with Crippen molar-refractivity contribution < 1.29 is 13.2 Å². The van der Waals surface area contributed by atoms with Crippen molar-refractivity contribution >= 4 is 11.6 Å². The maximum absolute atomic E-state index is 12.9. The number of nitrogens with zero attached hydrogens (tertiary/aromatic N) is 1. The van der Waals surface area contributed by atoms with E-state index in [1.807, 2.05) is 0 Å². The molecule has 0 bridgehead atoms. The first kappa shape index (κ1) is 15.9. The summed E-state index contributed by atoms with van der Waals surface area (Å²) in [6.45, 7) is 2.19. The fourth-order valence-electron chi connectivity index (χ4n) is 2.82. The van der Waals surface area contributed by atoms with Gasteiger partial charge in [-0.1, -0.05) is 13.3 Å². The molecule has 2 rings (SSSR count). The van der Waals surface area contributed by atoms with Gasteiger partial charge >= 0.3 is 6.18 Å². The molecule has 0 aromatic carbocycles. The van der Waals surface area contributed by atoms with Gasteiger partial charge in [0.25, 0.3) is 0 Å². The van der Waals surface area contributed by atoms with Crippen molar-refractivity contribution in [3.05, 3.63) is 17.7 Å². The van der Waals surface area contributed by atoms with Crippen LogP contribution in [-0.2, 0) is 6.18 Å². The fourth-order valence-corrected chi connectivity index (χ4v) is 2.82. The molecule has 21 heavy (non-hydrogen) atoms. The molecule has 0 atom stereocenters. The molecule has 0 aliphatic heterocycles. The van der Waals surface area contributed by atoms with E-state index in [4.69, 9.17) is 0 Å². The molecule has 6 heteroatoms. The molecular weight excluding hydrogens is 279 g/mol. The van der Waals surface area contributed by atoms with Crippen molar-refractivity contribution in [3.8, 4) is 0 Å². The molecule has 1 fully saturated rings. The van der Waals surface area contributed by atoms with Crippen LogP contribution >= 0.6 is 0 Å².